The van der Waals surface area contributed by atoms with Crippen molar-refractivity contribution < 1.29 is 5.11 Å². The summed E-state index contributed by atoms with van der Waals surface area (Å²) in [6.07, 6.45) is 1.58. The highest BCUT2D eigenvalue weighted by Crippen LogP contribution is 2.15. The molecule has 0 spiro atoms. The molecule has 1 aliphatic rings. The van der Waals surface area contributed by atoms with E-state index < -0.39 is 0 Å². The fourth-order valence-electron chi connectivity index (χ4n) is 2.00. The van der Waals surface area contributed by atoms with Crippen LogP contribution in [0.5, 0.6) is 0 Å². The fraction of sp³-hybridized carbons (Fsp3) is 0.636. The molecule has 0 atom stereocenters. The van der Waals surface area contributed by atoms with Gasteiger partial charge >= 0.3 is 0 Å². The quantitative estimate of drug-likeness (QED) is 0.745. The molecule has 6 heteroatoms. The Morgan fingerprint density at radius 2 is 2.06 bits per heavy atom. The van der Waals surface area contributed by atoms with Crippen molar-refractivity contribution in [3.05, 3.63) is 12.4 Å². The standard InChI is InChI=1S/C11H19N5O/c1-12-10-8-11(14-9-13-10)16-4-2-15(3-5-16)6-7-17/h8-9,17H,2-7H2,1H3,(H,12,13,14). The number of piperazine rings is 1. The van der Waals surface area contributed by atoms with Gasteiger partial charge in [-0.05, 0) is 0 Å². The second kappa shape index (κ2) is 5.79. The minimum absolute atomic E-state index is 0.234. The number of aliphatic hydroxyl groups excluding tert-OH is 1. The van der Waals surface area contributed by atoms with E-state index in [1.165, 1.54) is 0 Å². The van der Waals surface area contributed by atoms with E-state index in [4.69, 9.17) is 5.11 Å². The van der Waals surface area contributed by atoms with E-state index in [0.717, 1.165) is 44.4 Å². The largest absolute Gasteiger partial charge is 0.395 e. The number of β-amino-alcohol motifs (C(OH)–C–C–N with tert-alkyl or cyclic N) is 1. The van der Waals surface area contributed by atoms with Crippen molar-refractivity contribution in [2.24, 2.45) is 0 Å². The molecule has 0 aromatic carbocycles. The highest BCUT2D eigenvalue weighted by atomic mass is 16.3. The smallest absolute Gasteiger partial charge is 0.134 e. The molecule has 2 heterocycles. The van der Waals surface area contributed by atoms with Crippen molar-refractivity contribution in [3.8, 4) is 0 Å². The molecule has 1 saturated heterocycles. The van der Waals surface area contributed by atoms with Crippen molar-refractivity contribution in [1.82, 2.24) is 14.9 Å². The van der Waals surface area contributed by atoms with Crippen LogP contribution in [0.1, 0.15) is 0 Å². The van der Waals surface area contributed by atoms with Crippen LogP contribution in [-0.4, -0.2) is 66.4 Å². The zero-order valence-corrected chi connectivity index (χ0v) is 10.1. The minimum Gasteiger partial charge on any atom is -0.395 e. The molecule has 94 valence electrons. The van der Waals surface area contributed by atoms with E-state index in [2.05, 4.69) is 25.1 Å². The Balaban J connectivity index is 1.95. The van der Waals surface area contributed by atoms with Gasteiger partial charge in [0.2, 0.25) is 0 Å². The normalized spacial score (nSPS) is 17.2. The van der Waals surface area contributed by atoms with Gasteiger partial charge in [-0.1, -0.05) is 0 Å². The first-order chi connectivity index (χ1) is 8.33. The van der Waals surface area contributed by atoms with Crippen LogP contribution in [0.3, 0.4) is 0 Å². The fourth-order valence-corrected chi connectivity index (χ4v) is 2.00. The number of hydrogen-bond donors (Lipinski definition) is 2. The zero-order valence-electron chi connectivity index (χ0n) is 10.1. The molecule has 2 N–H and O–H groups in total. The molecule has 0 aliphatic carbocycles. The topological polar surface area (TPSA) is 64.5 Å². The third-order valence-corrected chi connectivity index (χ3v) is 3.02. The number of aliphatic hydroxyl groups is 1. The first-order valence-corrected chi connectivity index (χ1v) is 5.91. The van der Waals surface area contributed by atoms with E-state index in [1.54, 1.807) is 6.33 Å². The molecule has 2 rings (SSSR count). The summed E-state index contributed by atoms with van der Waals surface area (Å²) in [5.74, 6) is 1.81. The van der Waals surface area contributed by atoms with Crippen LogP contribution in [0.4, 0.5) is 11.6 Å². The highest BCUT2D eigenvalue weighted by molar-refractivity contribution is 5.48. The average Bonchev–Trinajstić information content (AvgIpc) is 2.40. The predicted octanol–water partition coefficient (Wildman–Crippen LogP) is -0.367. The highest BCUT2D eigenvalue weighted by Gasteiger charge is 2.17. The zero-order chi connectivity index (χ0) is 12.1. The Kier molecular flexibility index (Phi) is 4.11. The first-order valence-electron chi connectivity index (χ1n) is 5.91. The van der Waals surface area contributed by atoms with Crippen molar-refractivity contribution in [1.29, 1.82) is 0 Å². The second-order valence-corrected chi connectivity index (χ2v) is 4.06. The Hall–Kier alpha value is -1.40. The summed E-state index contributed by atoms with van der Waals surface area (Å²) in [7, 11) is 1.85. The van der Waals surface area contributed by atoms with E-state index in [0.29, 0.717) is 0 Å². The Morgan fingerprint density at radius 3 is 2.71 bits per heavy atom. The molecule has 1 fully saturated rings. The van der Waals surface area contributed by atoms with E-state index >= 15 is 0 Å². The summed E-state index contributed by atoms with van der Waals surface area (Å²) in [5.41, 5.74) is 0. The van der Waals surface area contributed by atoms with E-state index in [1.807, 2.05) is 13.1 Å². The molecule has 6 nitrogen and oxygen atoms in total. The molecule has 1 aromatic heterocycles. The van der Waals surface area contributed by atoms with Gasteiger partial charge in [0.1, 0.15) is 18.0 Å². The number of anilines is 2. The monoisotopic (exact) mass is 237 g/mol. The number of rotatable bonds is 4. The predicted molar refractivity (Wildman–Crippen MR) is 67.3 cm³/mol. The SMILES string of the molecule is CNc1cc(N2CCN(CCO)CC2)ncn1. The van der Waals surface area contributed by atoms with Gasteiger partial charge in [-0.25, -0.2) is 9.97 Å². The molecule has 0 saturated carbocycles. The third-order valence-electron chi connectivity index (χ3n) is 3.02. The minimum atomic E-state index is 0.234. The molecule has 17 heavy (non-hydrogen) atoms. The van der Waals surface area contributed by atoms with Crippen LogP contribution in [0.25, 0.3) is 0 Å². The van der Waals surface area contributed by atoms with Crippen molar-refractivity contribution in [2.45, 2.75) is 0 Å². The number of nitrogens with one attached hydrogen (secondary N) is 1. The Bertz CT molecular complexity index is 351. The molecule has 0 bridgehead atoms. The number of hydrogen-bond acceptors (Lipinski definition) is 6. The number of aromatic nitrogens is 2. The molecule has 0 amide bonds. The van der Waals surface area contributed by atoms with Crippen LogP contribution >= 0.6 is 0 Å². The van der Waals surface area contributed by atoms with Gasteiger partial charge in [0.25, 0.3) is 0 Å². The molecule has 1 aliphatic heterocycles. The van der Waals surface area contributed by atoms with E-state index in [-0.39, 0.29) is 6.61 Å². The van der Waals surface area contributed by atoms with Gasteiger partial charge in [0.05, 0.1) is 6.61 Å². The van der Waals surface area contributed by atoms with Gasteiger partial charge in [0, 0.05) is 45.8 Å². The lowest BCUT2D eigenvalue weighted by atomic mass is 10.3. The summed E-state index contributed by atoms with van der Waals surface area (Å²) in [4.78, 5) is 12.9. The van der Waals surface area contributed by atoms with Crippen molar-refractivity contribution in [2.75, 3.05) is 56.6 Å². The summed E-state index contributed by atoms with van der Waals surface area (Å²) in [6.45, 7) is 4.83. The summed E-state index contributed by atoms with van der Waals surface area (Å²) < 4.78 is 0. The average molecular weight is 237 g/mol. The van der Waals surface area contributed by atoms with Gasteiger partial charge in [-0.2, -0.15) is 0 Å². The van der Waals surface area contributed by atoms with Crippen LogP contribution in [0.15, 0.2) is 12.4 Å². The lowest BCUT2D eigenvalue weighted by Gasteiger charge is -2.35. The lowest BCUT2D eigenvalue weighted by Crippen LogP contribution is -2.47. The van der Waals surface area contributed by atoms with Gasteiger partial charge in [0.15, 0.2) is 0 Å². The molecular weight excluding hydrogens is 218 g/mol. The number of nitrogens with zero attached hydrogens (tertiary/aromatic N) is 4. The molecule has 0 unspecified atom stereocenters. The van der Waals surface area contributed by atoms with Crippen LogP contribution in [-0.2, 0) is 0 Å². The third kappa shape index (κ3) is 3.04. The summed E-state index contributed by atoms with van der Waals surface area (Å²) >= 11 is 0. The Labute approximate surface area is 101 Å². The van der Waals surface area contributed by atoms with Gasteiger partial charge in [-0.3, -0.25) is 4.90 Å². The van der Waals surface area contributed by atoms with Gasteiger partial charge in [-0.15, -0.1) is 0 Å². The van der Waals surface area contributed by atoms with Crippen LogP contribution < -0.4 is 10.2 Å². The summed E-state index contributed by atoms with van der Waals surface area (Å²) in [6, 6.07) is 1.96. The summed E-state index contributed by atoms with van der Waals surface area (Å²) in [5, 5.41) is 11.9. The van der Waals surface area contributed by atoms with Crippen molar-refractivity contribution >= 4 is 11.6 Å². The van der Waals surface area contributed by atoms with Crippen molar-refractivity contribution in [3.63, 3.8) is 0 Å². The maximum absolute atomic E-state index is 8.89. The van der Waals surface area contributed by atoms with Gasteiger partial charge < -0.3 is 15.3 Å². The first kappa shape index (κ1) is 12.1. The molecule has 1 aromatic rings. The maximum atomic E-state index is 8.89. The van der Waals surface area contributed by atoms with Crippen LogP contribution in [0, 0.1) is 0 Å². The Morgan fingerprint density at radius 1 is 1.29 bits per heavy atom. The van der Waals surface area contributed by atoms with E-state index in [9.17, 15) is 0 Å². The van der Waals surface area contributed by atoms with Crippen LogP contribution in [0.2, 0.25) is 0 Å². The maximum Gasteiger partial charge on any atom is 0.134 e. The lowest BCUT2D eigenvalue weighted by molar-refractivity contribution is 0.188. The molecular formula is C11H19N5O. The second-order valence-electron chi connectivity index (χ2n) is 4.06. The molecule has 0 radical (unpaired) electrons.